The third-order valence-electron chi connectivity index (χ3n) is 8.06. The topological polar surface area (TPSA) is 0 Å². The highest BCUT2D eigenvalue weighted by atomic mass is 32.2. The van der Waals surface area contributed by atoms with Gasteiger partial charge >= 0.3 is 0 Å². The van der Waals surface area contributed by atoms with E-state index in [1.54, 1.807) is 0 Å². The Balaban J connectivity index is 0.000000247. The van der Waals surface area contributed by atoms with E-state index in [2.05, 4.69) is 144 Å². The number of hydrogen-bond donors (Lipinski definition) is 1. The molecule has 42 heavy (non-hydrogen) atoms. The highest BCUT2D eigenvalue weighted by Gasteiger charge is 2.06. The maximum absolute atomic E-state index is 4.27. The number of thiol groups is 1. The Kier molecular flexibility index (Phi) is 19.2. The van der Waals surface area contributed by atoms with Crippen LogP contribution in [0.2, 0.25) is 0 Å². The van der Waals surface area contributed by atoms with Crippen LogP contribution >= 0.6 is 24.4 Å². The van der Waals surface area contributed by atoms with Gasteiger partial charge in [0.05, 0.1) is 0 Å². The van der Waals surface area contributed by atoms with Crippen molar-refractivity contribution in [1.29, 1.82) is 0 Å². The Labute approximate surface area is 268 Å². The fourth-order valence-corrected chi connectivity index (χ4v) is 6.71. The summed E-state index contributed by atoms with van der Waals surface area (Å²) in [6, 6.07) is 30.2. The minimum Gasteiger partial charge on any atom is -0.179 e. The molecule has 0 aliphatic rings. The van der Waals surface area contributed by atoms with Crippen molar-refractivity contribution < 1.29 is 0 Å². The first-order chi connectivity index (χ1) is 20.6. The molecule has 4 aromatic carbocycles. The second-order valence-electron chi connectivity index (χ2n) is 11.3. The molecule has 228 valence electrons. The number of benzene rings is 4. The van der Waals surface area contributed by atoms with Crippen LogP contribution in [0.3, 0.4) is 0 Å². The molecule has 2 heteroatoms. The van der Waals surface area contributed by atoms with Gasteiger partial charge in [0.2, 0.25) is 0 Å². The van der Waals surface area contributed by atoms with Gasteiger partial charge in [0, 0.05) is 0 Å². The first-order valence-corrected chi connectivity index (χ1v) is 18.1. The fraction of sp³-hybridized carbons (Fsp3) is 0.450. The molecule has 0 radical (unpaired) electrons. The molecule has 0 heterocycles. The predicted molar refractivity (Wildman–Crippen MR) is 199 cm³/mol. The lowest BCUT2D eigenvalue weighted by molar-refractivity contribution is 0.499. The molecule has 4 aromatic rings. The standard InChI is InChI=1S/C20H28S.C12H10.C8H18S/c1-3-5-8-17(4-2)16-21-14-13-18-11-12-19-9-6-7-10-20(19)15-18;1-2-10-7-8-11-5-3-4-6-12(11)9-10;1-3-5-6-8(4-2)7-9/h6-7,9-12,15,17H,3-5,8,13-14,16H2,1-2H3;2-9H,1H2;8-9H,3-7H2,1-2H3. The van der Waals surface area contributed by atoms with Gasteiger partial charge in [-0.15, -0.1) is 0 Å². The second kappa shape index (κ2) is 22.4. The van der Waals surface area contributed by atoms with Gasteiger partial charge in [-0.2, -0.15) is 24.4 Å². The highest BCUT2D eigenvalue weighted by Crippen LogP contribution is 2.21. The summed E-state index contributed by atoms with van der Waals surface area (Å²) >= 11 is 6.41. The van der Waals surface area contributed by atoms with Gasteiger partial charge in [-0.25, -0.2) is 0 Å². The van der Waals surface area contributed by atoms with E-state index in [0.717, 1.165) is 17.6 Å². The summed E-state index contributed by atoms with van der Waals surface area (Å²) in [6.45, 7) is 12.9. The summed E-state index contributed by atoms with van der Waals surface area (Å²) < 4.78 is 0. The van der Waals surface area contributed by atoms with Crippen LogP contribution in [0.1, 0.15) is 90.2 Å². The quantitative estimate of drug-likeness (QED) is 0.105. The van der Waals surface area contributed by atoms with Crippen molar-refractivity contribution >= 4 is 52.0 Å². The predicted octanol–water partition coefficient (Wildman–Crippen LogP) is 12.9. The van der Waals surface area contributed by atoms with Crippen molar-refractivity contribution in [3.63, 3.8) is 0 Å². The number of unbranched alkanes of at least 4 members (excludes halogenated alkanes) is 2. The number of aryl methyl sites for hydroxylation is 1. The van der Waals surface area contributed by atoms with Crippen LogP contribution in [0.4, 0.5) is 0 Å². The Bertz CT molecular complexity index is 1260. The summed E-state index contributed by atoms with van der Waals surface area (Å²) in [6.07, 6.45) is 13.9. The van der Waals surface area contributed by atoms with E-state index in [1.165, 1.54) is 102 Å². The van der Waals surface area contributed by atoms with E-state index in [0.29, 0.717) is 0 Å². The first-order valence-electron chi connectivity index (χ1n) is 16.4. The lowest BCUT2D eigenvalue weighted by Crippen LogP contribution is -2.03. The minimum atomic E-state index is 0.869. The molecule has 2 unspecified atom stereocenters. The first kappa shape index (κ1) is 36.0. The van der Waals surface area contributed by atoms with Crippen molar-refractivity contribution in [2.45, 2.75) is 85.5 Å². The Morgan fingerprint density at radius 2 is 1.24 bits per heavy atom. The minimum absolute atomic E-state index is 0.869. The SMILES string of the molecule is C=Cc1ccc2ccccc2c1.CCCCC(CC)CS.CCCCC(CC)CSCCc1ccc2ccccc2c1. The zero-order valence-electron chi connectivity index (χ0n) is 26.9. The average Bonchev–Trinajstić information content (AvgIpc) is 3.05. The Hall–Kier alpha value is -2.16. The van der Waals surface area contributed by atoms with Gasteiger partial charge in [0.1, 0.15) is 0 Å². The van der Waals surface area contributed by atoms with Crippen LogP contribution in [0.15, 0.2) is 91.5 Å². The van der Waals surface area contributed by atoms with E-state index in [-0.39, 0.29) is 0 Å². The largest absolute Gasteiger partial charge is 0.179 e. The van der Waals surface area contributed by atoms with Crippen LogP contribution in [-0.4, -0.2) is 17.3 Å². The molecule has 0 N–H and O–H groups in total. The summed E-state index contributed by atoms with van der Waals surface area (Å²) in [5.74, 6) is 5.45. The van der Waals surface area contributed by atoms with Gasteiger partial charge in [-0.05, 0) is 87.1 Å². The summed E-state index contributed by atoms with van der Waals surface area (Å²) in [4.78, 5) is 0. The lowest BCUT2D eigenvalue weighted by Gasteiger charge is -2.13. The molecule has 2 atom stereocenters. The molecule has 0 aromatic heterocycles. The molecule has 0 saturated carbocycles. The monoisotopic (exact) mass is 600 g/mol. The smallest absolute Gasteiger partial charge is 0.00269 e. The van der Waals surface area contributed by atoms with E-state index < -0.39 is 0 Å². The van der Waals surface area contributed by atoms with Crippen molar-refractivity contribution in [2.24, 2.45) is 11.8 Å². The third-order valence-corrected chi connectivity index (χ3v) is 9.77. The van der Waals surface area contributed by atoms with Crippen molar-refractivity contribution in [1.82, 2.24) is 0 Å². The van der Waals surface area contributed by atoms with E-state index in [1.807, 2.05) is 6.08 Å². The molecule has 0 spiro atoms. The van der Waals surface area contributed by atoms with E-state index in [9.17, 15) is 0 Å². The molecular weight excluding hydrogens is 545 g/mol. The van der Waals surface area contributed by atoms with Gasteiger partial charge in [-0.1, -0.05) is 158 Å². The molecular formula is C40H56S2. The van der Waals surface area contributed by atoms with Crippen LogP contribution in [0.25, 0.3) is 27.6 Å². The molecule has 0 aliphatic heterocycles. The average molecular weight is 601 g/mol. The van der Waals surface area contributed by atoms with Crippen LogP contribution in [0, 0.1) is 11.8 Å². The lowest BCUT2D eigenvalue weighted by atomic mass is 10.0. The molecule has 0 fully saturated rings. The van der Waals surface area contributed by atoms with E-state index in [4.69, 9.17) is 0 Å². The van der Waals surface area contributed by atoms with Gasteiger partial charge in [0.15, 0.2) is 0 Å². The van der Waals surface area contributed by atoms with E-state index >= 15 is 0 Å². The molecule has 0 amide bonds. The second-order valence-corrected chi connectivity index (χ2v) is 12.8. The molecule has 0 saturated heterocycles. The summed E-state index contributed by atoms with van der Waals surface area (Å²) in [7, 11) is 0. The van der Waals surface area contributed by atoms with Crippen LogP contribution in [0.5, 0.6) is 0 Å². The number of hydrogen-bond acceptors (Lipinski definition) is 2. The summed E-state index contributed by atoms with van der Waals surface area (Å²) in [5.41, 5.74) is 2.65. The molecule has 0 nitrogen and oxygen atoms in total. The number of rotatable bonds is 15. The van der Waals surface area contributed by atoms with Crippen molar-refractivity contribution in [2.75, 3.05) is 17.3 Å². The Morgan fingerprint density at radius 3 is 1.79 bits per heavy atom. The van der Waals surface area contributed by atoms with Crippen LogP contribution < -0.4 is 0 Å². The molecule has 0 bridgehead atoms. The van der Waals surface area contributed by atoms with Crippen LogP contribution in [-0.2, 0) is 6.42 Å². The summed E-state index contributed by atoms with van der Waals surface area (Å²) in [5, 5.41) is 5.27. The third kappa shape index (κ3) is 13.9. The highest BCUT2D eigenvalue weighted by molar-refractivity contribution is 7.99. The van der Waals surface area contributed by atoms with Crippen molar-refractivity contribution in [3.8, 4) is 0 Å². The van der Waals surface area contributed by atoms with Crippen molar-refractivity contribution in [3.05, 3.63) is 103 Å². The molecule has 4 rings (SSSR count). The Morgan fingerprint density at radius 1 is 0.690 bits per heavy atom. The fourth-order valence-electron chi connectivity index (χ4n) is 4.98. The maximum atomic E-state index is 4.27. The molecule has 0 aliphatic carbocycles. The van der Waals surface area contributed by atoms with Gasteiger partial charge in [-0.3, -0.25) is 0 Å². The maximum Gasteiger partial charge on any atom is -0.00269 e. The normalized spacial score (nSPS) is 12.1. The number of thioether (sulfide) groups is 1. The zero-order chi connectivity index (χ0) is 30.4. The van der Waals surface area contributed by atoms with Gasteiger partial charge in [0.25, 0.3) is 0 Å². The number of fused-ring (bicyclic) bond motifs is 2. The van der Waals surface area contributed by atoms with Gasteiger partial charge < -0.3 is 0 Å². The zero-order valence-corrected chi connectivity index (χ0v) is 28.6.